The molecule has 13 nitrogen and oxygen atoms in total. The van der Waals surface area contributed by atoms with Gasteiger partial charge >= 0.3 is 22.3 Å². The van der Waals surface area contributed by atoms with Gasteiger partial charge in [0.2, 0.25) is 0 Å². The minimum absolute atomic E-state index is 0.0709. The lowest BCUT2D eigenvalue weighted by Crippen LogP contribution is -2.44. The van der Waals surface area contributed by atoms with Gasteiger partial charge in [-0.3, -0.25) is 4.79 Å². The zero-order chi connectivity index (χ0) is 23.8. The van der Waals surface area contributed by atoms with Crippen LogP contribution in [0.3, 0.4) is 0 Å². The molecule has 1 aliphatic heterocycles. The first kappa shape index (κ1) is 26.0. The zero-order valence-corrected chi connectivity index (χ0v) is 19.4. The van der Waals surface area contributed by atoms with Crippen LogP contribution in [0, 0.1) is 0 Å². The van der Waals surface area contributed by atoms with Crippen LogP contribution < -0.4 is 10.0 Å². The smallest absolute Gasteiger partial charge is 0.415 e. The Morgan fingerprint density at radius 2 is 2.03 bits per heavy atom. The molecule has 0 spiro atoms. The van der Waals surface area contributed by atoms with Crippen LogP contribution in [0.1, 0.15) is 37.7 Å². The molecule has 1 saturated heterocycles. The van der Waals surface area contributed by atoms with E-state index in [0.717, 1.165) is 10.6 Å². The molecular weight excluding hydrogens is 448 g/mol. The molecule has 1 unspecified atom stereocenters. The first-order chi connectivity index (χ1) is 15.0. The number of carbonyl (C=O) groups is 2. The van der Waals surface area contributed by atoms with Gasteiger partial charge in [-0.25, -0.2) is 14.8 Å². The van der Waals surface area contributed by atoms with E-state index in [1.54, 1.807) is 27.9 Å². The fourth-order valence-electron chi connectivity index (χ4n) is 2.59. The summed E-state index contributed by atoms with van der Waals surface area (Å²) in [6.07, 6.45) is 0.232. The van der Waals surface area contributed by atoms with Crippen molar-refractivity contribution in [3.8, 4) is 0 Å². The van der Waals surface area contributed by atoms with Gasteiger partial charge in [0.1, 0.15) is 11.9 Å². The third kappa shape index (κ3) is 8.70. The molecule has 1 aromatic heterocycles. The van der Waals surface area contributed by atoms with Crippen LogP contribution in [-0.2, 0) is 29.2 Å². The number of nitrogens with zero attached hydrogens (tertiary/aromatic N) is 2. The second-order valence-electron chi connectivity index (χ2n) is 7.85. The van der Waals surface area contributed by atoms with E-state index < -0.39 is 27.8 Å². The molecule has 182 valence electrons. The van der Waals surface area contributed by atoms with Crippen molar-refractivity contribution >= 4 is 28.2 Å². The normalized spacial score (nSPS) is 18.1. The summed E-state index contributed by atoms with van der Waals surface area (Å²) in [6, 6.07) is -0.304. The number of rotatable bonds is 9. The molecule has 0 bridgehead atoms. The van der Waals surface area contributed by atoms with Crippen molar-refractivity contribution in [2.24, 2.45) is 0 Å². The van der Waals surface area contributed by atoms with Gasteiger partial charge < -0.3 is 23.4 Å². The quantitative estimate of drug-likeness (QED) is 0.485. The molecule has 2 N–H and O–H groups in total. The number of nitrogens with one attached hydrogen (secondary N) is 2. The van der Waals surface area contributed by atoms with E-state index in [1.807, 2.05) is 4.72 Å². The maximum atomic E-state index is 12.6. The van der Waals surface area contributed by atoms with Gasteiger partial charge in [-0.05, 0) is 27.2 Å². The topological polar surface area (TPSA) is 159 Å². The third-order valence-corrected chi connectivity index (χ3v) is 5.52. The summed E-state index contributed by atoms with van der Waals surface area (Å²) in [6.45, 7) is 6.58. The Balaban J connectivity index is 1.88. The van der Waals surface area contributed by atoms with Gasteiger partial charge in [-0.1, -0.05) is 0 Å². The lowest BCUT2D eigenvalue weighted by molar-refractivity contribution is -0.0218. The van der Waals surface area contributed by atoms with E-state index in [1.165, 1.54) is 0 Å². The molecule has 0 aromatic carbocycles. The Kier molecular flexibility index (Phi) is 9.39. The first-order valence-corrected chi connectivity index (χ1v) is 11.4. The highest BCUT2D eigenvalue weighted by atomic mass is 32.2. The fraction of sp³-hybridized carbons (Fsp3) is 0.722. The molecule has 2 amide bonds. The van der Waals surface area contributed by atoms with Crippen LogP contribution in [0.4, 0.5) is 10.8 Å². The van der Waals surface area contributed by atoms with Crippen molar-refractivity contribution in [3.63, 3.8) is 0 Å². The number of anilines is 1. The number of methoxy groups -OCH3 is 1. The average molecular weight is 479 g/mol. The maximum absolute atomic E-state index is 12.6. The molecular formula is C18H30N4O9S. The Morgan fingerprint density at radius 1 is 1.28 bits per heavy atom. The van der Waals surface area contributed by atoms with Gasteiger partial charge in [0, 0.05) is 20.2 Å². The van der Waals surface area contributed by atoms with Gasteiger partial charge in [0.25, 0.3) is 5.91 Å². The Bertz CT molecular complexity index is 866. The van der Waals surface area contributed by atoms with E-state index in [0.29, 0.717) is 26.2 Å². The monoisotopic (exact) mass is 478 g/mol. The number of oxazole rings is 1. The number of hydrogen-bond donors (Lipinski definition) is 2. The second kappa shape index (κ2) is 11.6. The number of hydrogen-bond acceptors (Lipinski definition) is 10. The molecule has 32 heavy (non-hydrogen) atoms. The Labute approximate surface area is 186 Å². The molecule has 1 fully saturated rings. The van der Waals surface area contributed by atoms with Crippen LogP contribution in [0.25, 0.3) is 0 Å². The third-order valence-electron chi connectivity index (χ3n) is 4.04. The SMILES string of the molecule is COCCOCC1CCN(S(=O)(=O)NC(=O)c2coc(NC(=O)OC(C)(C)C)n2)CCO1. The number of aromatic nitrogens is 1. The van der Waals surface area contributed by atoms with Gasteiger partial charge in [0.15, 0.2) is 5.69 Å². The first-order valence-electron chi connectivity index (χ1n) is 9.96. The average Bonchev–Trinajstić information content (AvgIpc) is 2.99. The van der Waals surface area contributed by atoms with Crippen LogP contribution in [0.2, 0.25) is 0 Å². The lowest BCUT2D eigenvalue weighted by Gasteiger charge is -2.19. The van der Waals surface area contributed by atoms with Crippen LogP contribution in [0.5, 0.6) is 0 Å². The second-order valence-corrected chi connectivity index (χ2v) is 9.52. The molecule has 1 aliphatic rings. The molecule has 1 atom stereocenters. The summed E-state index contributed by atoms with van der Waals surface area (Å²) in [7, 11) is -2.58. The van der Waals surface area contributed by atoms with Gasteiger partial charge in [-0.2, -0.15) is 17.7 Å². The van der Waals surface area contributed by atoms with Crippen molar-refractivity contribution < 1.29 is 41.4 Å². The highest BCUT2D eigenvalue weighted by Gasteiger charge is 2.29. The molecule has 1 aromatic rings. The molecule has 2 heterocycles. The summed E-state index contributed by atoms with van der Waals surface area (Å²) < 4.78 is 54.2. The van der Waals surface area contributed by atoms with E-state index in [-0.39, 0.29) is 37.5 Å². The summed E-state index contributed by atoms with van der Waals surface area (Å²) >= 11 is 0. The fourth-order valence-corrected chi connectivity index (χ4v) is 3.72. The van der Waals surface area contributed by atoms with Crippen molar-refractivity contribution in [2.45, 2.75) is 38.9 Å². The zero-order valence-electron chi connectivity index (χ0n) is 18.6. The minimum atomic E-state index is -4.15. The summed E-state index contributed by atoms with van der Waals surface area (Å²) in [5, 5.41) is 2.22. The predicted octanol–water partition coefficient (Wildman–Crippen LogP) is 0.750. The molecule has 2 rings (SSSR count). The lowest BCUT2D eigenvalue weighted by atomic mass is 10.2. The van der Waals surface area contributed by atoms with E-state index in [9.17, 15) is 18.0 Å². The van der Waals surface area contributed by atoms with E-state index in [2.05, 4.69) is 10.3 Å². The molecule has 14 heteroatoms. The highest BCUT2D eigenvalue weighted by Crippen LogP contribution is 2.14. The predicted molar refractivity (Wildman–Crippen MR) is 111 cm³/mol. The highest BCUT2D eigenvalue weighted by molar-refractivity contribution is 7.87. The molecule has 0 aliphatic carbocycles. The van der Waals surface area contributed by atoms with E-state index >= 15 is 0 Å². The summed E-state index contributed by atoms with van der Waals surface area (Å²) in [5.41, 5.74) is -1.06. The van der Waals surface area contributed by atoms with Crippen LogP contribution in [-0.4, -0.2) is 88.0 Å². The molecule has 0 saturated carbocycles. The molecule has 0 radical (unpaired) electrons. The van der Waals surface area contributed by atoms with Crippen molar-refractivity contribution in [2.75, 3.05) is 51.9 Å². The van der Waals surface area contributed by atoms with Crippen molar-refractivity contribution in [1.82, 2.24) is 14.0 Å². The van der Waals surface area contributed by atoms with Crippen LogP contribution >= 0.6 is 0 Å². The standard InChI is InChI=1S/C18H30N4O9S/c1-18(2,3)31-17(24)20-16-19-14(12-30-16)15(23)21-32(25,26)22-6-5-13(29-8-7-22)11-28-10-9-27-4/h12-13H,5-11H2,1-4H3,(H,21,23)(H,19,20,24). The Morgan fingerprint density at radius 3 is 2.72 bits per heavy atom. The number of amides is 2. The van der Waals surface area contributed by atoms with Gasteiger partial charge in [0.05, 0.1) is 32.5 Å². The van der Waals surface area contributed by atoms with Crippen LogP contribution in [0.15, 0.2) is 10.7 Å². The van der Waals surface area contributed by atoms with Gasteiger partial charge in [-0.15, -0.1) is 0 Å². The Hall–Kier alpha value is -2.26. The maximum Gasteiger partial charge on any atom is 0.415 e. The summed E-state index contributed by atoms with van der Waals surface area (Å²) in [5.74, 6) is -1.00. The van der Waals surface area contributed by atoms with E-state index in [4.69, 9.17) is 23.4 Å². The summed E-state index contributed by atoms with van der Waals surface area (Å²) in [4.78, 5) is 27.8. The van der Waals surface area contributed by atoms with Crippen molar-refractivity contribution in [1.29, 1.82) is 0 Å². The van der Waals surface area contributed by atoms with Crippen molar-refractivity contribution in [3.05, 3.63) is 12.0 Å². The number of carbonyl (C=O) groups excluding carboxylic acids is 2. The minimum Gasteiger partial charge on any atom is -0.443 e. The largest absolute Gasteiger partial charge is 0.443 e. The number of ether oxygens (including phenoxy) is 4.